The molecule has 6 nitrogen and oxygen atoms in total. The van der Waals surface area contributed by atoms with Crippen LogP contribution in [0.25, 0.3) is 0 Å². The number of pyridine rings is 1. The Labute approximate surface area is 157 Å². The van der Waals surface area contributed by atoms with Crippen LogP contribution in [0.15, 0.2) is 24.4 Å². The first-order valence-electron chi connectivity index (χ1n) is 9.75. The minimum atomic E-state index is -0.990. The van der Waals surface area contributed by atoms with Crippen LogP contribution in [0.3, 0.4) is 0 Å². The first kappa shape index (κ1) is 24.5. The number of carboxylic acids is 1. The van der Waals surface area contributed by atoms with Crippen LogP contribution in [0.2, 0.25) is 0 Å². The van der Waals surface area contributed by atoms with Crippen molar-refractivity contribution in [2.75, 3.05) is 19.7 Å². The van der Waals surface area contributed by atoms with E-state index in [1.54, 1.807) is 12.1 Å². The summed E-state index contributed by atoms with van der Waals surface area (Å²) in [5.74, 6) is -0.990. The molecule has 0 amide bonds. The Hall–Kier alpha value is -1.50. The van der Waals surface area contributed by atoms with E-state index in [0.717, 1.165) is 13.1 Å². The number of aliphatic hydroxyl groups excluding tert-OH is 2. The molecule has 26 heavy (non-hydrogen) atoms. The molecule has 0 fully saturated rings. The Bertz CT molecular complexity index is 429. The molecular weight excluding hydrogens is 332 g/mol. The Morgan fingerprint density at radius 1 is 1.08 bits per heavy atom. The number of rotatable bonds is 14. The van der Waals surface area contributed by atoms with E-state index in [9.17, 15) is 4.79 Å². The van der Waals surface area contributed by atoms with Gasteiger partial charge >= 0.3 is 5.97 Å². The number of hydrogen-bond acceptors (Lipinski definition) is 5. The lowest BCUT2D eigenvalue weighted by molar-refractivity contribution is 0.0690. The van der Waals surface area contributed by atoms with Crippen LogP contribution in [-0.2, 0) is 0 Å². The second kappa shape index (κ2) is 18.3. The molecular formula is C20H36N2O4. The van der Waals surface area contributed by atoms with E-state index in [0.29, 0.717) is 6.42 Å². The monoisotopic (exact) mass is 368 g/mol. The molecule has 1 rings (SSSR count). The molecule has 1 aromatic rings. The Balaban J connectivity index is 0.000000577. The summed E-state index contributed by atoms with van der Waals surface area (Å²) in [5, 5.41) is 29.3. The van der Waals surface area contributed by atoms with Gasteiger partial charge < -0.3 is 20.6 Å². The summed E-state index contributed by atoms with van der Waals surface area (Å²) in [6.45, 7) is 3.96. The van der Waals surface area contributed by atoms with E-state index in [2.05, 4.69) is 17.2 Å². The van der Waals surface area contributed by atoms with Crippen LogP contribution < -0.4 is 5.32 Å². The number of carboxylic acid groups (broad SMARTS) is 1. The third kappa shape index (κ3) is 16.0. The van der Waals surface area contributed by atoms with Crippen LogP contribution in [0.4, 0.5) is 0 Å². The van der Waals surface area contributed by atoms with Crippen LogP contribution in [0, 0.1) is 0 Å². The van der Waals surface area contributed by atoms with E-state index in [1.807, 2.05) is 0 Å². The molecule has 0 unspecified atom stereocenters. The molecule has 0 radical (unpaired) electrons. The quantitative estimate of drug-likeness (QED) is 0.376. The Morgan fingerprint density at radius 2 is 1.73 bits per heavy atom. The van der Waals surface area contributed by atoms with Crippen LogP contribution in [-0.4, -0.2) is 52.1 Å². The summed E-state index contributed by atoms with van der Waals surface area (Å²) in [7, 11) is 0. The highest BCUT2D eigenvalue weighted by atomic mass is 16.4. The Kier molecular flexibility index (Phi) is 17.2. The zero-order valence-electron chi connectivity index (χ0n) is 16.1. The lowest BCUT2D eigenvalue weighted by atomic mass is 10.1. The maximum Gasteiger partial charge on any atom is 0.354 e. The molecule has 0 spiro atoms. The number of aliphatic hydroxyl groups is 2. The summed E-state index contributed by atoms with van der Waals surface area (Å²) < 4.78 is 0. The van der Waals surface area contributed by atoms with Crippen molar-refractivity contribution in [3.05, 3.63) is 30.1 Å². The second-order valence-electron chi connectivity index (χ2n) is 6.37. The van der Waals surface area contributed by atoms with Crippen molar-refractivity contribution in [2.24, 2.45) is 0 Å². The number of carbonyl (C=O) groups is 1. The van der Waals surface area contributed by atoms with Crippen LogP contribution in [0.5, 0.6) is 0 Å². The van der Waals surface area contributed by atoms with Gasteiger partial charge in [-0.05, 0) is 38.1 Å². The van der Waals surface area contributed by atoms with Gasteiger partial charge in [-0.1, -0.05) is 57.9 Å². The first-order valence-corrected chi connectivity index (χ1v) is 9.75. The molecule has 0 saturated carbocycles. The summed E-state index contributed by atoms with van der Waals surface area (Å²) in [4.78, 5) is 13.7. The highest BCUT2D eigenvalue weighted by Crippen LogP contribution is 2.07. The maximum absolute atomic E-state index is 10.1. The zero-order chi connectivity index (χ0) is 19.5. The standard InChI is InChI=1S/C14H31NO2.C6H5NO2/c1-2-3-4-5-6-7-8-9-11-15-12-10-14(17)13-16;8-6(9)5-3-1-2-4-7-5/h14-17H,2-13H2,1H3;1-4H,(H,8,9)/t14-;/m0./s1. The molecule has 1 heterocycles. The third-order valence-electron chi connectivity index (χ3n) is 3.96. The lowest BCUT2D eigenvalue weighted by Crippen LogP contribution is -2.23. The molecule has 0 aliphatic heterocycles. The van der Waals surface area contributed by atoms with E-state index < -0.39 is 12.1 Å². The fourth-order valence-electron chi connectivity index (χ4n) is 2.36. The van der Waals surface area contributed by atoms with Gasteiger partial charge in [0.2, 0.25) is 0 Å². The van der Waals surface area contributed by atoms with Gasteiger partial charge in [0.1, 0.15) is 5.69 Å². The van der Waals surface area contributed by atoms with Gasteiger partial charge in [-0.3, -0.25) is 0 Å². The molecule has 0 bridgehead atoms. The van der Waals surface area contributed by atoms with Gasteiger partial charge in [-0.25, -0.2) is 9.78 Å². The Morgan fingerprint density at radius 3 is 2.23 bits per heavy atom. The van der Waals surface area contributed by atoms with Crippen molar-refractivity contribution in [2.45, 2.75) is 70.8 Å². The van der Waals surface area contributed by atoms with Crippen LogP contribution in [0.1, 0.15) is 75.2 Å². The molecule has 0 aliphatic rings. The number of nitrogens with zero attached hydrogens (tertiary/aromatic N) is 1. The highest BCUT2D eigenvalue weighted by Gasteiger charge is 2.00. The maximum atomic E-state index is 10.1. The molecule has 0 saturated heterocycles. The van der Waals surface area contributed by atoms with E-state index in [1.165, 1.54) is 63.6 Å². The largest absolute Gasteiger partial charge is 0.477 e. The number of aromatic carboxylic acids is 1. The molecule has 1 aromatic heterocycles. The first-order chi connectivity index (χ1) is 12.6. The van der Waals surface area contributed by atoms with Crippen molar-refractivity contribution < 1.29 is 20.1 Å². The fourth-order valence-corrected chi connectivity index (χ4v) is 2.36. The van der Waals surface area contributed by atoms with Gasteiger partial charge in [0, 0.05) is 6.20 Å². The third-order valence-corrected chi connectivity index (χ3v) is 3.96. The summed E-state index contributed by atoms with van der Waals surface area (Å²) >= 11 is 0. The SMILES string of the molecule is CCCCCCCCCCNCC[C@H](O)CO.O=C(O)c1ccccn1. The predicted molar refractivity (Wildman–Crippen MR) is 104 cm³/mol. The highest BCUT2D eigenvalue weighted by molar-refractivity contribution is 5.85. The summed E-state index contributed by atoms with van der Waals surface area (Å²) in [5.41, 5.74) is 0.0810. The molecule has 150 valence electrons. The predicted octanol–water partition coefficient (Wildman–Crippen LogP) is 3.24. The molecule has 6 heteroatoms. The van der Waals surface area contributed by atoms with Crippen LogP contribution >= 0.6 is 0 Å². The molecule has 4 N–H and O–H groups in total. The average molecular weight is 369 g/mol. The smallest absolute Gasteiger partial charge is 0.354 e. The number of aromatic nitrogens is 1. The van der Waals surface area contributed by atoms with E-state index in [-0.39, 0.29) is 12.3 Å². The van der Waals surface area contributed by atoms with Gasteiger partial charge in [-0.2, -0.15) is 0 Å². The van der Waals surface area contributed by atoms with Crippen molar-refractivity contribution in [1.29, 1.82) is 0 Å². The number of nitrogens with one attached hydrogen (secondary N) is 1. The normalized spacial score (nSPS) is 11.5. The van der Waals surface area contributed by atoms with Crippen molar-refractivity contribution in [3.8, 4) is 0 Å². The van der Waals surface area contributed by atoms with Crippen molar-refractivity contribution in [3.63, 3.8) is 0 Å². The average Bonchev–Trinajstić information content (AvgIpc) is 2.67. The van der Waals surface area contributed by atoms with Gasteiger partial charge in [-0.15, -0.1) is 0 Å². The summed E-state index contributed by atoms with van der Waals surface area (Å²) in [6.07, 6.45) is 12.3. The fraction of sp³-hybridized carbons (Fsp3) is 0.700. The summed E-state index contributed by atoms with van der Waals surface area (Å²) in [6, 6.07) is 4.76. The molecule has 0 aromatic carbocycles. The topological polar surface area (TPSA) is 103 Å². The van der Waals surface area contributed by atoms with E-state index >= 15 is 0 Å². The number of unbranched alkanes of at least 4 members (excludes halogenated alkanes) is 7. The zero-order valence-corrected chi connectivity index (χ0v) is 16.1. The van der Waals surface area contributed by atoms with Gasteiger partial charge in [0.15, 0.2) is 0 Å². The minimum Gasteiger partial charge on any atom is -0.477 e. The molecule has 0 aliphatic carbocycles. The van der Waals surface area contributed by atoms with Crippen molar-refractivity contribution in [1.82, 2.24) is 10.3 Å². The van der Waals surface area contributed by atoms with Gasteiger partial charge in [0.25, 0.3) is 0 Å². The molecule has 1 atom stereocenters. The van der Waals surface area contributed by atoms with E-state index in [4.69, 9.17) is 15.3 Å². The lowest BCUT2D eigenvalue weighted by Gasteiger charge is -2.08. The van der Waals surface area contributed by atoms with Crippen molar-refractivity contribution >= 4 is 5.97 Å². The van der Waals surface area contributed by atoms with Gasteiger partial charge in [0.05, 0.1) is 12.7 Å². The second-order valence-corrected chi connectivity index (χ2v) is 6.37. The minimum absolute atomic E-state index is 0.0810. The number of hydrogen-bond donors (Lipinski definition) is 4.